The fraction of sp³-hybridized carbons (Fsp3) is 0.600. The summed E-state index contributed by atoms with van der Waals surface area (Å²) in [6, 6.07) is 5.88. The number of aliphatic hydroxyl groups excluding tert-OH is 1. The molecule has 1 aromatic carbocycles. The summed E-state index contributed by atoms with van der Waals surface area (Å²) >= 11 is 0. The van der Waals surface area contributed by atoms with E-state index in [1.165, 1.54) is 0 Å². The average molecular weight is 375 g/mol. The van der Waals surface area contributed by atoms with Gasteiger partial charge in [0.25, 0.3) is 0 Å². The molecule has 148 valence electrons. The molecule has 1 aliphatic heterocycles. The predicted octanol–water partition coefficient (Wildman–Crippen LogP) is 1.20. The van der Waals surface area contributed by atoms with Crippen molar-refractivity contribution in [2.45, 2.75) is 63.2 Å². The van der Waals surface area contributed by atoms with E-state index in [4.69, 9.17) is 10.5 Å². The summed E-state index contributed by atoms with van der Waals surface area (Å²) in [6.07, 6.45) is 5.63. The lowest BCUT2D eigenvalue weighted by Gasteiger charge is -2.27. The van der Waals surface area contributed by atoms with E-state index in [1.54, 1.807) is 0 Å². The summed E-state index contributed by atoms with van der Waals surface area (Å²) in [5.74, 6) is -1.13. The second kappa shape index (κ2) is 9.19. The molecule has 1 aliphatic carbocycles. The molecule has 0 spiro atoms. The monoisotopic (exact) mass is 375 g/mol. The number of nitrogens with two attached hydrogens (primary N) is 1. The molecule has 0 radical (unpaired) electrons. The lowest BCUT2D eigenvalue weighted by atomic mass is 9.96. The van der Waals surface area contributed by atoms with E-state index in [1.807, 2.05) is 18.2 Å². The van der Waals surface area contributed by atoms with E-state index in [-0.39, 0.29) is 12.1 Å². The summed E-state index contributed by atoms with van der Waals surface area (Å²) < 4.78 is 5.70. The van der Waals surface area contributed by atoms with Gasteiger partial charge in [0.2, 0.25) is 0 Å². The lowest BCUT2D eigenvalue weighted by molar-refractivity contribution is -0.139. The molecule has 7 heteroatoms. The minimum Gasteiger partial charge on any atom is -0.398 e. The van der Waals surface area contributed by atoms with Gasteiger partial charge in [-0.15, -0.1) is 0 Å². The van der Waals surface area contributed by atoms with Crippen LogP contribution in [0.2, 0.25) is 0 Å². The number of carbonyl (C=O) groups excluding carboxylic acids is 2. The van der Waals surface area contributed by atoms with Crippen LogP contribution in [0.25, 0.3) is 0 Å². The number of aliphatic hydroxyl groups is 1. The first-order valence-electron chi connectivity index (χ1n) is 9.79. The first-order chi connectivity index (χ1) is 13.0. The van der Waals surface area contributed by atoms with Crippen LogP contribution in [-0.2, 0) is 20.7 Å². The van der Waals surface area contributed by atoms with Crippen LogP contribution >= 0.6 is 0 Å². The molecule has 0 bridgehead atoms. The van der Waals surface area contributed by atoms with Crippen LogP contribution in [0, 0.1) is 0 Å². The van der Waals surface area contributed by atoms with Crippen LogP contribution in [0.15, 0.2) is 18.2 Å². The van der Waals surface area contributed by atoms with Crippen molar-refractivity contribution in [1.82, 2.24) is 10.6 Å². The van der Waals surface area contributed by atoms with Gasteiger partial charge in [0.05, 0.1) is 18.8 Å². The van der Waals surface area contributed by atoms with Gasteiger partial charge in [-0.2, -0.15) is 0 Å². The second-order valence-corrected chi connectivity index (χ2v) is 7.48. The third-order valence-corrected chi connectivity index (χ3v) is 5.35. The first kappa shape index (κ1) is 19.6. The second-order valence-electron chi connectivity index (χ2n) is 7.48. The van der Waals surface area contributed by atoms with Crippen molar-refractivity contribution in [3.63, 3.8) is 0 Å². The number of nitrogens with one attached hydrogen (secondary N) is 2. The van der Waals surface area contributed by atoms with Crippen molar-refractivity contribution in [2.24, 2.45) is 0 Å². The predicted molar refractivity (Wildman–Crippen MR) is 102 cm³/mol. The van der Waals surface area contributed by atoms with Gasteiger partial charge in [-0.25, -0.2) is 0 Å². The first-order valence-corrected chi connectivity index (χ1v) is 9.79. The fourth-order valence-electron chi connectivity index (χ4n) is 3.76. The number of anilines is 1. The van der Waals surface area contributed by atoms with Crippen molar-refractivity contribution in [1.29, 1.82) is 0 Å². The van der Waals surface area contributed by atoms with Crippen LogP contribution in [0.4, 0.5) is 5.69 Å². The van der Waals surface area contributed by atoms with Crippen LogP contribution in [0.3, 0.4) is 0 Å². The minimum atomic E-state index is -0.581. The zero-order valence-electron chi connectivity index (χ0n) is 15.6. The quantitative estimate of drug-likeness (QED) is 0.456. The van der Waals surface area contributed by atoms with Gasteiger partial charge < -0.3 is 26.2 Å². The summed E-state index contributed by atoms with van der Waals surface area (Å²) in [5.41, 5.74) is 8.69. The highest BCUT2D eigenvalue weighted by molar-refractivity contribution is 6.35. The van der Waals surface area contributed by atoms with E-state index < -0.39 is 17.9 Å². The Hall–Kier alpha value is -2.12. The van der Waals surface area contributed by atoms with Crippen molar-refractivity contribution < 1.29 is 19.4 Å². The largest absolute Gasteiger partial charge is 0.398 e. The van der Waals surface area contributed by atoms with Crippen molar-refractivity contribution in [3.05, 3.63) is 29.3 Å². The van der Waals surface area contributed by atoms with Gasteiger partial charge in [0.15, 0.2) is 0 Å². The van der Waals surface area contributed by atoms with Gasteiger partial charge in [0, 0.05) is 23.8 Å². The highest BCUT2D eigenvalue weighted by Gasteiger charge is 2.23. The molecule has 2 aliphatic rings. The summed E-state index contributed by atoms with van der Waals surface area (Å²) in [6.45, 7) is 0.699. The molecule has 2 amide bonds. The number of amides is 2. The zero-order chi connectivity index (χ0) is 19.2. The van der Waals surface area contributed by atoms with Gasteiger partial charge >= 0.3 is 11.8 Å². The Morgan fingerprint density at radius 1 is 1.15 bits per heavy atom. The molecular weight excluding hydrogens is 346 g/mol. The summed E-state index contributed by atoms with van der Waals surface area (Å²) in [4.78, 5) is 23.8. The zero-order valence-corrected chi connectivity index (χ0v) is 15.6. The normalized spacial score (nSPS) is 23.1. The Bertz CT molecular complexity index is 665. The van der Waals surface area contributed by atoms with Gasteiger partial charge in [-0.1, -0.05) is 25.0 Å². The topological polar surface area (TPSA) is 114 Å². The van der Waals surface area contributed by atoms with E-state index in [0.29, 0.717) is 31.7 Å². The van der Waals surface area contributed by atoms with E-state index in [0.717, 1.165) is 43.2 Å². The molecule has 5 N–H and O–H groups in total. The number of nitrogen functional groups attached to an aromatic ring is 1. The van der Waals surface area contributed by atoms with Gasteiger partial charge in [-0.05, 0) is 43.7 Å². The molecule has 7 nitrogen and oxygen atoms in total. The number of carbonyl (C=O) groups is 2. The molecule has 3 rings (SSSR count). The summed E-state index contributed by atoms with van der Waals surface area (Å²) in [7, 11) is 0. The molecule has 1 saturated heterocycles. The molecule has 2 atom stereocenters. The summed E-state index contributed by atoms with van der Waals surface area (Å²) in [5, 5.41) is 15.0. The molecule has 27 heavy (non-hydrogen) atoms. The molecule has 0 aromatic heterocycles. The van der Waals surface area contributed by atoms with Crippen molar-refractivity contribution in [3.8, 4) is 0 Å². The maximum absolute atomic E-state index is 11.9. The Balaban J connectivity index is 1.48. The molecular formula is C20H29N3O4. The number of hydrogen-bond donors (Lipinski definition) is 4. The smallest absolute Gasteiger partial charge is 0.309 e. The number of rotatable bonds is 5. The van der Waals surface area contributed by atoms with Gasteiger partial charge in [-0.3, -0.25) is 9.59 Å². The maximum atomic E-state index is 11.9. The van der Waals surface area contributed by atoms with Gasteiger partial charge in [0.1, 0.15) is 0 Å². The highest BCUT2D eigenvalue weighted by Crippen LogP contribution is 2.32. The Kier molecular flexibility index (Phi) is 6.68. The van der Waals surface area contributed by atoms with Crippen molar-refractivity contribution >= 4 is 17.5 Å². The van der Waals surface area contributed by atoms with E-state index in [2.05, 4.69) is 10.6 Å². The molecule has 2 fully saturated rings. The van der Waals surface area contributed by atoms with Crippen molar-refractivity contribution in [2.75, 3.05) is 18.9 Å². The molecule has 0 unspecified atom stereocenters. The third-order valence-electron chi connectivity index (χ3n) is 5.35. The Morgan fingerprint density at radius 3 is 2.63 bits per heavy atom. The van der Waals surface area contributed by atoms with Crippen LogP contribution in [-0.4, -0.2) is 42.2 Å². The van der Waals surface area contributed by atoms with Crippen LogP contribution in [0.1, 0.15) is 55.8 Å². The van der Waals surface area contributed by atoms with Crippen LogP contribution in [0.5, 0.6) is 0 Å². The number of ether oxygens (including phenoxy) is 1. The SMILES string of the molecule is Nc1ccc(CCNC(=O)C(=O)NC2CCCC2)cc1[C@@H]1CC[C@H](O)CO1. The fourth-order valence-corrected chi connectivity index (χ4v) is 3.76. The molecule has 1 heterocycles. The van der Waals surface area contributed by atoms with Crippen LogP contribution < -0.4 is 16.4 Å². The highest BCUT2D eigenvalue weighted by atomic mass is 16.5. The number of benzene rings is 1. The lowest BCUT2D eigenvalue weighted by Crippen LogP contribution is -2.44. The molecule has 1 saturated carbocycles. The average Bonchev–Trinajstić information content (AvgIpc) is 3.17. The Morgan fingerprint density at radius 2 is 1.93 bits per heavy atom. The van der Waals surface area contributed by atoms with E-state index in [9.17, 15) is 14.7 Å². The van der Waals surface area contributed by atoms with E-state index >= 15 is 0 Å². The Labute approximate surface area is 159 Å². The molecule has 1 aromatic rings. The maximum Gasteiger partial charge on any atom is 0.309 e. The third kappa shape index (κ3) is 5.43. The standard InChI is InChI=1S/C20H29N3O4/c21-17-7-5-13(11-16(17)18-8-6-15(24)12-27-18)9-10-22-19(25)20(26)23-14-3-1-2-4-14/h5,7,11,14-15,18,24H,1-4,6,8-10,12,21H2,(H,22,25)(H,23,26)/t15-,18-/m0/s1. The number of hydrogen-bond acceptors (Lipinski definition) is 5. The minimum absolute atomic E-state index is 0.111.